The lowest BCUT2D eigenvalue weighted by Crippen LogP contribution is -2.18. The van der Waals surface area contributed by atoms with E-state index in [0.717, 1.165) is 0 Å². The zero-order chi connectivity index (χ0) is 20.6. The first kappa shape index (κ1) is 19.0. The third-order valence-corrected chi connectivity index (χ3v) is 6.60. The molecule has 4 rings (SSSR count). The van der Waals surface area contributed by atoms with Gasteiger partial charge >= 0.3 is 0 Å². The minimum Gasteiger partial charge on any atom is -0.497 e. The van der Waals surface area contributed by atoms with Crippen LogP contribution in [0.5, 0.6) is 5.75 Å². The van der Waals surface area contributed by atoms with Gasteiger partial charge < -0.3 is 15.6 Å². The quantitative estimate of drug-likeness (QED) is 0.493. The summed E-state index contributed by atoms with van der Waals surface area (Å²) >= 11 is 0. The van der Waals surface area contributed by atoms with Gasteiger partial charge in [-0.2, -0.15) is 0 Å². The monoisotopic (exact) mass is 408 g/mol. The van der Waals surface area contributed by atoms with Crippen molar-refractivity contribution >= 4 is 26.6 Å². The predicted octanol–water partition coefficient (Wildman–Crippen LogP) is 3.55. The molecular weight excluding hydrogens is 388 g/mol. The molecule has 1 atom stereocenters. The Hall–Kier alpha value is -3.29. The van der Waals surface area contributed by atoms with E-state index >= 15 is 0 Å². The van der Waals surface area contributed by atoms with Crippen LogP contribution in [0.2, 0.25) is 0 Å². The maximum Gasteiger partial charge on any atom is 0.268 e. The summed E-state index contributed by atoms with van der Waals surface area (Å²) in [6.45, 7) is 0. The maximum atomic E-state index is 13.5. The maximum absolute atomic E-state index is 13.5. The number of para-hydroxylation sites is 1. The van der Waals surface area contributed by atoms with Gasteiger partial charge in [-0.25, -0.2) is 12.4 Å². The van der Waals surface area contributed by atoms with Crippen LogP contribution in [0, 0.1) is 0 Å². The molecule has 0 saturated carbocycles. The molecule has 1 heterocycles. The zero-order valence-electron chi connectivity index (χ0n) is 15.7. The number of fused-ring (bicyclic) bond motifs is 1. The van der Waals surface area contributed by atoms with Crippen LogP contribution in [-0.2, 0) is 10.0 Å². The molecule has 3 aromatic carbocycles. The number of hydrogen-bond acceptors (Lipinski definition) is 5. The minimum absolute atomic E-state index is 0.128. The molecule has 1 unspecified atom stereocenters. The molecule has 0 radical (unpaired) electrons. The normalized spacial score (nSPS) is 12.8. The summed E-state index contributed by atoms with van der Waals surface area (Å²) in [4.78, 5) is 0.128. The summed E-state index contributed by atoms with van der Waals surface area (Å²) in [7, 11) is -2.42. The Labute approximate surface area is 168 Å². The first-order chi connectivity index (χ1) is 13.9. The van der Waals surface area contributed by atoms with Crippen LogP contribution < -0.4 is 10.5 Å². The van der Waals surface area contributed by atoms with Crippen LogP contribution in [0.1, 0.15) is 17.4 Å². The number of aliphatic hydroxyl groups excluding tert-OH is 1. The number of nitrogen functional groups attached to an aromatic ring is 1. The van der Waals surface area contributed by atoms with E-state index in [9.17, 15) is 13.5 Å². The number of aromatic nitrogens is 1. The van der Waals surface area contributed by atoms with E-state index in [1.54, 1.807) is 73.8 Å². The molecule has 0 amide bonds. The van der Waals surface area contributed by atoms with Crippen LogP contribution in [0.4, 0.5) is 5.69 Å². The summed E-state index contributed by atoms with van der Waals surface area (Å²) in [5, 5.41) is 11.7. The Bertz CT molecular complexity index is 1280. The summed E-state index contributed by atoms with van der Waals surface area (Å²) < 4.78 is 33.4. The van der Waals surface area contributed by atoms with E-state index in [4.69, 9.17) is 10.5 Å². The number of nitrogens with two attached hydrogens (primary N) is 1. The minimum atomic E-state index is -3.96. The van der Waals surface area contributed by atoms with Crippen LogP contribution in [0.3, 0.4) is 0 Å². The Kier molecular flexibility index (Phi) is 4.77. The zero-order valence-corrected chi connectivity index (χ0v) is 16.5. The standard InChI is InChI=1S/C22H20N2O4S/c1-28-16-11-12-20-15(13-16)14-21(22(25)18-9-5-6-10-19(18)23)24(20)29(26,27)17-7-3-2-4-8-17/h2-14,22,25H,23H2,1H3. The van der Waals surface area contributed by atoms with E-state index < -0.39 is 16.1 Å². The highest BCUT2D eigenvalue weighted by molar-refractivity contribution is 7.90. The number of ether oxygens (including phenoxy) is 1. The molecule has 3 N–H and O–H groups in total. The van der Waals surface area contributed by atoms with Crippen LogP contribution >= 0.6 is 0 Å². The van der Waals surface area contributed by atoms with Gasteiger partial charge in [0.05, 0.1) is 23.2 Å². The first-order valence-electron chi connectivity index (χ1n) is 8.96. The lowest BCUT2D eigenvalue weighted by atomic mass is 10.0. The summed E-state index contributed by atoms with van der Waals surface area (Å²) in [6.07, 6.45) is -1.23. The van der Waals surface area contributed by atoms with E-state index in [-0.39, 0.29) is 10.6 Å². The van der Waals surface area contributed by atoms with Crippen molar-refractivity contribution < 1.29 is 18.3 Å². The highest BCUT2D eigenvalue weighted by atomic mass is 32.2. The van der Waals surface area contributed by atoms with Crippen molar-refractivity contribution in [2.24, 2.45) is 0 Å². The molecule has 148 valence electrons. The molecular formula is C22H20N2O4S. The Morgan fingerprint density at radius 1 is 0.966 bits per heavy atom. The molecule has 7 heteroatoms. The summed E-state index contributed by atoms with van der Waals surface area (Å²) in [6, 6.07) is 21.7. The van der Waals surface area contributed by atoms with Crippen molar-refractivity contribution in [1.82, 2.24) is 3.97 Å². The lowest BCUT2D eigenvalue weighted by Gasteiger charge is -2.17. The van der Waals surface area contributed by atoms with Crippen molar-refractivity contribution in [2.75, 3.05) is 12.8 Å². The van der Waals surface area contributed by atoms with E-state index in [1.165, 1.54) is 16.1 Å². The SMILES string of the molecule is COc1ccc2c(c1)cc(C(O)c1ccccc1N)n2S(=O)(=O)c1ccccc1. The third-order valence-electron chi connectivity index (χ3n) is 4.84. The summed E-state index contributed by atoms with van der Waals surface area (Å²) in [5.41, 5.74) is 7.49. The van der Waals surface area contributed by atoms with Gasteiger partial charge in [-0.15, -0.1) is 0 Å². The third kappa shape index (κ3) is 3.24. The van der Waals surface area contributed by atoms with Crippen molar-refractivity contribution in [2.45, 2.75) is 11.0 Å². The average molecular weight is 408 g/mol. The molecule has 0 aliphatic rings. The second-order valence-electron chi connectivity index (χ2n) is 6.61. The van der Waals surface area contributed by atoms with Gasteiger partial charge in [0.1, 0.15) is 11.9 Å². The molecule has 0 spiro atoms. The van der Waals surface area contributed by atoms with Crippen LogP contribution in [0.15, 0.2) is 83.8 Å². The first-order valence-corrected chi connectivity index (χ1v) is 10.4. The number of benzene rings is 3. The number of nitrogens with zero attached hydrogens (tertiary/aromatic N) is 1. The van der Waals surface area contributed by atoms with Crippen molar-refractivity contribution in [1.29, 1.82) is 0 Å². The van der Waals surface area contributed by atoms with E-state index in [1.807, 2.05) is 0 Å². The fourth-order valence-electron chi connectivity index (χ4n) is 3.39. The molecule has 4 aromatic rings. The van der Waals surface area contributed by atoms with E-state index in [2.05, 4.69) is 0 Å². The molecule has 0 aliphatic heterocycles. The molecule has 0 saturated heterocycles. The highest BCUT2D eigenvalue weighted by Crippen LogP contribution is 2.35. The second kappa shape index (κ2) is 7.27. The number of anilines is 1. The van der Waals surface area contributed by atoms with Crippen molar-refractivity contribution in [3.8, 4) is 5.75 Å². The van der Waals surface area contributed by atoms with Gasteiger partial charge in [-0.3, -0.25) is 0 Å². The Morgan fingerprint density at radius 2 is 1.66 bits per heavy atom. The van der Waals surface area contributed by atoms with Crippen LogP contribution in [-0.4, -0.2) is 24.6 Å². The molecule has 0 bridgehead atoms. The molecule has 29 heavy (non-hydrogen) atoms. The number of methoxy groups -OCH3 is 1. The van der Waals surface area contributed by atoms with Gasteiger partial charge in [0.15, 0.2) is 0 Å². The topological polar surface area (TPSA) is 94.6 Å². The predicted molar refractivity (Wildman–Crippen MR) is 112 cm³/mol. The van der Waals surface area contributed by atoms with E-state index in [0.29, 0.717) is 27.9 Å². The molecule has 0 aliphatic carbocycles. The van der Waals surface area contributed by atoms with Gasteiger partial charge in [-0.1, -0.05) is 36.4 Å². The smallest absolute Gasteiger partial charge is 0.268 e. The van der Waals surface area contributed by atoms with Gasteiger partial charge in [-0.05, 0) is 42.5 Å². The van der Waals surface area contributed by atoms with Crippen molar-refractivity contribution in [3.63, 3.8) is 0 Å². The fraction of sp³-hybridized carbons (Fsp3) is 0.0909. The molecule has 6 nitrogen and oxygen atoms in total. The highest BCUT2D eigenvalue weighted by Gasteiger charge is 2.28. The van der Waals surface area contributed by atoms with Crippen LogP contribution in [0.25, 0.3) is 10.9 Å². The lowest BCUT2D eigenvalue weighted by molar-refractivity contribution is 0.215. The number of aliphatic hydroxyl groups is 1. The number of rotatable bonds is 5. The molecule has 1 aromatic heterocycles. The largest absolute Gasteiger partial charge is 0.497 e. The van der Waals surface area contributed by atoms with Gasteiger partial charge in [0, 0.05) is 16.6 Å². The average Bonchev–Trinajstić information content (AvgIpc) is 3.13. The van der Waals surface area contributed by atoms with Crippen molar-refractivity contribution in [3.05, 3.63) is 90.1 Å². The van der Waals surface area contributed by atoms with Gasteiger partial charge in [0.25, 0.3) is 10.0 Å². The Morgan fingerprint density at radius 3 is 2.34 bits per heavy atom. The Balaban J connectivity index is 2.01. The summed E-state index contributed by atoms with van der Waals surface area (Å²) in [5.74, 6) is 0.590. The second-order valence-corrected chi connectivity index (χ2v) is 8.39. The number of hydrogen-bond donors (Lipinski definition) is 2. The fourth-order valence-corrected chi connectivity index (χ4v) is 4.96. The molecule has 0 fully saturated rings. The van der Waals surface area contributed by atoms with Gasteiger partial charge in [0.2, 0.25) is 0 Å².